The molecule has 0 spiro atoms. The van der Waals surface area contributed by atoms with E-state index in [1.54, 1.807) is 22.3 Å². The third-order valence-electron chi connectivity index (χ3n) is 11.7. The van der Waals surface area contributed by atoms with E-state index in [1.807, 2.05) is 0 Å². The van der Waals surface area contributed by atoms with Crippen LogP contribution in [-0.2, 0) is 20.0 Å². The van der Waals surface area contributed by atoms with Crippen LogP contribution in [0.3, 0.4) is 0 Å². The van der Waals surface area contributed by atoms with Gasteiger partial charge in [-0.2, -0.15) is 0 Å². The Morgan fingerprint density at radius 3 is 1.29 bits per heavy atom. The molecule has 0 radical (unpaired) electrons. The first kappa shape index (κ1) is 31.3. The van der Waals surface area contributed by atoms with Crippen LogP contribution < -0.4 is 10.4 Å². The predicted octanol–water partition coefficient (Wildman–Crippen LogP) is 11.4. The number of hydrogen-bond acceptors (Lipinski definition) is 0. The van der Waals surface area contributed by atoms with Gasteiger partial charge in [0.25, 0.3) is 0 Å². The van der Waals surface area contributed by atoms with E-state index in [4.69, 9.17) is 0 Å². The second kappa shape index (κ2) is 10.6. The van der Waals surface area contributed by atoms with E-state index < -0.39 is 36.1 Å². The molecule has 1 aliphatic heterocycles. The van der Waals surface area contributed by atoms with Crippen molar-refractivity contribution in [1.82, 2.24) is 0 Å². The molecule has 3 heteroatoms. The maximum atomic E-state index is 2.77. The number of hydrogen-bond donors (Lipinski definition) is 0. The number of fused-ring (bicyclic) bond motifs is 6. The van der Waals surface area contributed by atoms with Crippen LogP contribution in [0.15, 0.2) is 96.1 Å². The van der Waals surface area contributed by atoms with Crippen molar-refractivity contribution in [1.29, 1.82) is 0 Å². The summed E-state index contributed by atoms with van der Waals surface area (Å²) in [5.41, 5.74) is 15.3. The number of allylic oxidation sites excluding steroid dienone is 2. The second-order valence-corrected chi connectivity index (χ2v) is 44.2. The van der Waals surface area contributed by atoms with Crippen molar-refractivity contribution >= 4 is 38.7 Å². The summed E-state index contributed by atoms with van der Waals surface area (Å²) in [7, 11) is -2.66. The molecule has 4 aromatic carbocycles. The van der Waals surface area contributed by atoms with E-state index in [2.05, 4.69) is 160 Å². The van der Waals surface area contributed by atoms with Gasteiger partial charge in [0, 0.05) is 0 Å². The zero-order valence-electron chi connectivity index (χ0n) is 29.1. The summed E-state index contributed by atoms with van der Waals surface area (Å²) >= 11 is -3.07. The zero-order valence-corrected chi connectivity index (χ0v) is 34.7. The van der Waals surface area contributed by atoms with E-state index in [0.717, 1.165) is 6.42 Å². The summed E-state index contributed by atoms with van der Waals surface area (Å²) in [5.74, 6) is 0. The van der Waals surface area contributed by atoms with Gasteiger partial charge in [-0.1, -0.05) is 0 Å². The molecule has 0 saturated carbocycles. The molecule has 0 amide bonds. The van der Waals surface area contributed by atoms with E-state index in [-0.39, 0.29) is 5.41 Å². The molecule has 1 heterocycles. The molecule has 2 aliphatic carbocycles. The molecule has 0 nitrogen and oxygen atoms in total. The normalized spacial score (nSPS) is 23.1. The van der Waals surface area contributed by atoms with Gasteiger partial charge in [-0.05, 0) is 0 Å². The molecule has 45 heavy (non-hydrogen) atoms. The summed E-state index contributed by atoms with van der Waals surface area (Å²) in [6, 6.07) is 33.6. The van der Waals surface area contributed by atoms with Crippen molar-refractivity contribution in [3.8, 4) is 22.3 Å². The van der Waals surface area contributed by atoms with Crippen molar-refractivity contribution in [3.05, 3.63) is 118 Å². The molecule has 0 aromatic heterocycles. The van der Waals surface area contributed by atoms with Crippen LogP contribution in [0, 0.1) is 5.41 Å². The monoisotopic (exact) mass is 790 g/mol. The molecular weight excluding hydrogens is 739 g/mol. The Labute approximate surface area is 279 Å². The first-order valence-corrected chi connectivity index (χ1v) is 35.4. The van der Waals surface area contributed by atoms with Crippen molar-refractivity contribution in [2.75, 3.05) is 0 Å². The van der Waals surface area contributed by atoms with Crippen LogP contribution in [0.2, 0.25) is 48.6 Å². The third kappa shape index (κ3) is 4.82. The van der Waals surface area contributed by atoms with Crippen LogP contribution in [0.1, 0.15) is 49.9 Å². The fraction of sp³-hybridized carbons (Fsp3) is 0.333. The third-order valence-corrected chi connectivity index (χ3v) is 31.0. The standard InChI is InChI=1S/C40H44Si2.2CH3.Hf/c1-9-40(2,32-24-30-12-10-14-36(38(30)26-32)28-16-20-34(21-17-28)41(3,4)5)33-25-31-13-11-15-37(39(31)27-33)29-18-22-35(23-19-29)42(6,7)8;;;/h10-27H,9H2,1-8H3;2*1H3;. The molecule has 2 unspecified atom stereocenters. The Kier molecular flexibility index (Phi) is 7.36. The SMILES string of the molecule is CCC1(C)C2=Cc3c(-c4ccc([Si](C)(C)C)cc4)cccc3[CH]2[Hf]([CH3])([CH3])[CH]2C1=Cc1c(-c3ccc([Si](C)(C)C)cc3)cccc12. The van der Waals surface area contributed by atoms with Gasteiger partial charge in [-0.15, -0.1) is 0 Å². The molecule has 1 fully saturated rings. The summed E-state index contributed by atoms with van der Waals surface area (Å²) in [4.78, 5) is 0. The van der Waals surface area contributed by atoms with Gasteiger partial charge in [0.2, 0.25) is 0 Å². The van der Waals surface area contributed by atoms with Gasteiger partial charge in [-0.25, -0.2) is 0 Å². The quantitative estimate of drug-likeness (QED) is 0.177. The van der Waals surface area contributed by atoms with E-state index in [9.17, 15) is 0 Å². The average Bonchev–Trinajstić information content (AvgIpc) is 3.61. The molecule has 230 valence electrons. The Bertz CT molecular complexity index is 1740. The Morgan fingerprint density at radius 2 is 0.956 bits per heavy atom. The summed E-state index contributed by atoms with van der Waals surface area (Å²) in [6.07, 6.45) is 6.48. The summed E-state index contributed by atoms with van der Waals surface area (Å²) < 4.78 is 6.78. The van der Waals surface area contributed by atoms with Crippen molar-refractivity contribution in [2.24, 2.45) is 5.41 Å². The Hall–Kier alpha value is -2.34. The van der Waals surface area contributed by atoms with Crippen molar-refractivity contribution < 1.29 is 20.0 Å². The number of benzene rings is 4. The molecular formula is C42H50HfSi2. The van der Waals surface area contributed by atoms with E-state index in [0.29, 0.717) is 7.35 Å². The summed E-state index contributed by atoms with van der Waals surface area (Å²) in [6.45, 7) is 19.7. The minimum absolute atomic E-state index is 0.0703. The van der Waals surface area contributed by atoms with Gasteiger partial charge in [-0.3, -0.25) is 0 Å². The van der Waals surface area contributed by atoms with Gasteiger partial charge in [0.1, 0.15) is 0 Å². The van der Waals surface area contributed by atoms with Crippen LogP contribution in [0.4, 0.5) is 0 Å². The van der Waals surface area contributed by atoms with Crippen LogP contribution >= 0.6 is 0 Å². The first-order valence-electron chi connectivity index (χ1n) is 17.1. The number of rotatable bonds is 5. The fourth-order valence-electron chi connectivity index (χ4n) is 8.91. The topological polar surface area (TPSA) is 0 Å². The zero-order chi connectivity index (χ0) is 32.1. The Morgan fingerprint density at radius 1 is 0.578 bits per heavy atom. The first-order chi connectivity index (χ1) is 21.2. The molecule has 0 bridgehead atoms. The van der Waals surface area contributed by atoms with Crippen molar-refractivity contribution in [3.63, 3.8) is 0 Å². The fourth-order valence-corrected chi connectivity index (χ4v) is 28.7. The van der Waals surface area contributed by atoms with Crippen LogP contribution in [0.25, 0.3) is 34.4 Å². The van der Waals surface area contributed by atoms with Crippen LogP contribution in [-0.4, -0.2) is 16.1 Å². The van der Waals surface area contributed by atoms with E-state index >= 15 is 0 Å². The minimum atomic E-state index is -3.07. The molecule has 4 aromatic rings. The molecule has 7 rings (SSSR count). The second-order valence-electron chi connectivity index (χ2n) is 16.8. The van der Waals surface area contributed by atoms with Crippen molar-refractivity contribution in [2.45, 2.75) is 76.3 Å². The average molecular weight is 790 g/mol. The molecule has 0 N–H and O–H groups in total. The van der Waals surface area contributed by atoms with Gasteiger partial charge in [0.15, 0.2) is 0 Å². The maximum absolute atomic E-state index is 3.07. The van der Waals surface area contributed by atoms with E-state index in [1.165, 1.54) is 43.8 Å². The van der Waals surface area contributed by atoms with Gasteiger partial charge < -0.3 is 0 Å². The van der Waals surface area contributed by atoms with Crippen LogP contribution in [0.5, 0.6) is 0 Å². The molecule has 3 aliphatic rings. The van der Waals surface area contributed by atoms with Gasteiger partial charge in [0.05, 0.1) is 0 Å². The van der Waals surface area contributed by atoms with Gasteiger partial charge >= 0.3 is 281 Å². The predicted molar refractivity (Wildman–Crippen MR) is 201 cm³/mol. The molecule has 2 atom stereocenters. The molecule has 1 saturated heterocycles. The summed E-state index contributed by atoms with van der Waals surface area (Å²) in [5, 5.41) is 3.07. The Balaban J connectivity index is 1.37.